The average Bonchev–Trinajstić information content (AvgIpc) is 2.33. The Bertz CT molecular complexity index is 284. The second-order valence-corrected chi connectivity index (χ2v) is 4.30. The zero-order valence-electron chi connectivity index (χ0n) is 10.9. The highest BCUT2D eigenvalue weighted by Gasteiger charge is 2.31. The smallest absolute Gasteiger partial charge is 0.217 e. The van der Waals surface area contributed by atoms with Crippen LogP contribution in [0.3, 0.4) is 0 Å². The number of hydrogen-bond donors (Lipinski definition) is 5. The van der Waals surface area contributed by atoms with Crippen molar-refractivity contribution < 1.29 is 34.8 Å². The molecule has 1 amide bonds. The number of aliphatic hydroxyl groups is 4. The molecule has 1 unspecified atom stereocenters. The van der Waals surface area contributed by atoms with Crippen molar-refractivity contribution in [3.63, 3.8) is 0 Å². The highest BCUT2D eigenvalue weighted by atomic mass is 16.5. The van der Waals surface area contributed by atoms with Gasteiger partial charge in [0.1, 0.15) is 30.6 Å². The van der Waals surface area contributed by atoms with E-state index in [2.05, 4.69) is 5.32 Å². The van der Waals surface area contributed by atoms with Gasteiger partial charge in [0.25, 0.3) is 0 Å². The quantitative estimate of drug-likeness (QED) is 0.287. The standard InChI is InChI=1S/C11H21NO7/c1-6(14)4-19-5-9(16)11(18)10(17)8(3-13)12-7(2)15/h3,6,8-11,14,16-18H,4-5H2,1-2H3,(H,12,15)/t6?,8-,9-,10-,11-/m1/s1. The molecule has 0 aromatic rings. The summed E-state index contributed by atoms with van der Waals surface area (Å²) in [4.78, 5) is 21.5. The normalized spacial score (nSPS) is 19.1. The Hall–Kier alpha value is -1.06. The van der Waals surface area contributed by atoms with Crippen molar-refractivity contribution in [2.75, 3.05) is 13.2 Å². The van der Waals surface area contributed by atoms with Crippen molar-refractivity contribution >= 4 is 12.2 Å². The number of ether oxygens (including phenoxy) is 1. The molecule has 112 valence electrons. The number of carbonyl (C=O) groups excluding carboxylic acids is 2. The molecule has 0 bridgehead atoms. The van der Waals surface area contributed by atoms with Gasteiger partial charge in [0.15, 0.2) is 0 Å². The third-order valence-electron chi connectivity index (χ3n) is 2.28. The number of aldehydes is 1. The van der Waals surface area contributed by atoms with Crippen LogP contribution in [0.5, 0.6) is 0 Å². The van der Waals surface area contributed by atoms with E-state index in [1.165, 1.54) is 6.92 Å². The Kier molecular flexibility index (Phi) is 8.44. The fraction of sp³-hybridized carbons (Fsp3) is 0.818. The van der Waals surface area contributed by atoms with E-state index in [1.54, 1.807) is 0 Å². The number of nitrogens with one attached hydrogen (secondary N) is 1. The molecule has 19 heavy (non-hydrogen) atoms. The van der Waals surface area contributed by atoms with Gasteiger partial charge in [-0.3, -0.25) is 4.79 Å². The fourth-order valence-electron chi connectivity index (χ4n) is 1.33. The molecule has 0 aliphatic carbocycles. The molecule has 0 rings (SSSR count). The molecular weight excluding hydrogens is 258 g/mol. The van der Waals surface area contributed by atoms with Crippen LogP contribution in [-0.2, 0) is 14.3 Å². The molecule has 0 aromatic heterocycles. The highest BCUT2D eigenvalue weighted by molar-refractivity contribution is 5.77. The minimum atomic E-state index is -1.67. The van der Waals surface area contributed by atoms with E-state index >= 15 is 0 Å². The molecular formula is C11H21NO7. The van der Waals surface area contributed by atoms with Crippen LogP contribution in [0.25, 0.3) is 0 Å². The van der Waals surface area contributed by atoms with Gasteiger partial charge in [-0.2, -0.15) is 0 Å². The van der Waals surface area contributed by atoms with Gasteiger partial charge in [-0.25, -0.2) is 0 Å². The molecule has 0 aromatic carbocycles. The van der Waals surface area contributed by atoms with Crippen LogP contribution >= 0.6 is 0 Å². The summed E-state index contributed by atoms with van der Waals surface area (Å²) in [6.07, 6.45) is -5.25. The van der Waals surface area contributed by atoms with Crippen molar-refractivity contribution in [2.45, 2.75) is 44.3 Å². The summed E-state index contributed by atoms with van der Waals surface area (Å²) in [6, 6.07) is -1.32. The number of aliphatic hydroxyl groups excluding tert-OH is 4. The second-order valence-electron chi connectivity index (χ2n) is 4.30. The van der Waals surface area contributed by atoms with Crippen LogP contribution in [0.4, 0.5) is 0 Å². The van der Waals surface area contributed by atoms with Crippen molar-refractivity contribution in [1.29, 1.82) is 0 Å². The van der Waals surface area contributed by atoms with Gasteiger partial charge in [-0.15, -0.1) is 0 Å². The second kappa shape index (κ2) is 8.94. The fourth-order valence-corrected chi connectivity index (χ4v) is 1.33. The Morgan fingerprint density at radius 2 is 1.79 bits per heavy atom. The van der Waals surface area contributed by atoms with Crippen molar-refractivity contribution in [1.82, 2.24) is 5.32 Å². The predicted molar refractivity (Wildman–Crippen MR) is 64.2 cm³/mol. The van der Waals surface area contributed by atoms with E-state index in [0.29, 0.717) is 0 Å². The van der Waals surface area contributed by atoms with E-state index < -0.39 is 36.4 Å². The summed E-state index contributed by atoms with van der Waals surface area (Å²) >= 11 is 0. The minimum Gasteiger partial charge on any atom is -0.391 e. The van der Waals surface area contributed by atoms with Crippen LogP contribution in [-0.4, -0.2) is 76.3 Å². The largest absolute Gasteiger partial charge is 0.391 e. The van der Waals surface area contributed by atoms with Gasteiger partial charge < -0.3 is 35.3 Å². The lowest BCUT2D eigenvalue weighted by Crippen LogP contribution is -2.53. The van der Waals surface area contributed by atoms with Crippen LogP contribution in [0.15, 0.2) is 0 Å². The van der Waals surface area contributed by atoms with E-state index in [9.17, 15) is 24.9 Å². The highest BCUT2D eigenvalue weighted by Crippen LogP contribution is 2.05. The Labute approximate surface area is 111 Å². The van der Waals surface area contributed by atoms with Crippen LogP contribution in [0, 0.1) is 0 Å². The maximum absolute atomic E-state index is 10.8. The van der Waals surface area contributed by atoms with Gasteiger partial charge in [-0.1, -0.05) is 0 Å². The topological polar surface area (TPSA) is 136 Å². The first-order valence-electron chi connectivity index (χ1n) is 5.82. The first-order chi connectivity index (χ1) is 8.79. The molecule has 0 saturated heterocycles. The number of hydrogen-bond acceptors (Lipinski definition) is 7. The molecule has 0 aliphatic rings. The number of amides is 1. The lowest BCUT2D eigenvalue weighted by atomic mass is 10.0. The van der Waals surface area contributed by atoms with Crippen LogP contribution < -0.4 is 5.32 Å². The third kappa shape index (κ3) is 7.19. The number of rotatable bonds is 9. The van der Waals surface area contributed by atoms with Crippen molar-refractivity contribution in [3.05, 3.63) is 0 Å². The van der Waals surface area contributed by atoms with Gasteiger partial charge in [0.05, 0.1) is 19.3 Å². The summed E-state index contributed by atoms with van der Waals surface area (Å²) in [6.45, 7) is 2.27. The van der Waals surface area contributed by atoms with Crippen LogP contribution in [0.1, 0.15) is 13.8 Å². The molecule has 0 radical (unpaired) electrons. The Balaban J connectivity index is 4.31. The molecule has 0 heterocycles. The zero-order chi connectivity index (χ0) is 15.0. The maximum Gasteiger partial charge on any atom is 0.217 e. The molecule has 5 N–H and O–H groups in total. The van der Waals surface area contributed by atoms with E-state index in [0.717, 1.165) is 6.92 Å². The van der Waals surface area contributed by atoms with Gasteiger partial charge in [0.2, 0.25) is 5.91 Å². The number of carbonyl (C=O) groups is 2. The predicted octanol–water partition coefficient (Wildman–Crippen LogP) is -2.83. The van der Waals surface area contributed by atoms with Gasteiger partial charge in [0, 0.05) is 6.92 Å². The van der Waals surface area contributed by atoms with E-state index in [1.807, 2.05) is 0 Å². The molecule has 0 saturated carbocycles. The van der Waals surface area contributed by atoms with Gasteiger partial charge >= 0.3 is 0 Å². The van der Waals surface area contributed by atoms with E-state index in [-0.39, 0.29) is 19.5 Å². The molecule has 5 atom stereocenters. The Morgan fingerprint density at radius 3 is 2.21 bits per heavy atom. The SMILES string of the molecule is CC(=O)N[C@H](C=O)[C@@H](O)[C@H](O)[C@H](O)COCC(C)O. The molecule has 0 fully saturated rings. The first kappa shape index (κ1) is 17.9. The minimum absolute atomic E-state index is 0.0390. The summed E-state index contributed by atoms with van der Waals surface area (Å²) in [5, 5.41) is 39.8. The lowest BCUT2D eigenvalue weighted by Gasteiger charge is -2.26. The van der Waals surface area contributed by atoms with Gasteiger partial charge in [-0.05, 0) is 6.92 Å². The summed E-state index contributed by atoms with van der Waals surface area (Å²) < 4.78 is 4.88. The Morgan fingerprint density at radius 1 is 1.21 bits per heavy atom. The van der Waals surface area contributed by atoms with Crippen LogP contribution in [0.2, 0.25) is 0 Å². The monoisotopic (exact) mass is 279 g/mol. The maximum atomic E-state index is 10.8. The summed E-state index contributed by atoms with van der Waals surface area (Å²) in [5.74, 6) is -0.553. The van der Waals surface area contributed by atoms with Crippen molar-refractivity contribution in [3.8, 4) is 0 Å². The van der Waals surface area contributed by atoms with Crippen molar-refractivity contribution in [2.24, 2.45) is 0 Å². The summed E-state index contributed by atoms with van der Waals surface area (Å²) in [7, 11) is 0. The van der Waals surface area contributed by atoms with E-state index in [4.69, 9.17) is 9.84 Å². The third-order valence-corrected chi connectivity index (χ3v) is 2.28. The molecule has 8 heteroatoms. The molecule has 0 aliphatic heterocycles. The first-order valence-corrected chi connectivity index (χ1v) is 5.82. The zero-order valence-corrected chi connectivity index (χ0v) is 10.9. The molecule has 0 spiro atoms. The molecule has 8 nitrogen and oxygen atoms in total. The lowest BCUT2D eigenvalue weighted by molar-refractivity contribution is -0.131. The summed E-state index contributed by atoms with van der Waals surface area (Å²) in [5.41, 5.74) is 0. The average molecular weight is 279 g/mol.